The molecule has 5 rings (SSSR count). The van der Waals surface area contributed by atoms with Gasteiger partial charge in [-0.15, -0.1) is 11.3 Å². The van der Waals surface area contributed by atoms with Gasteiger partial charge in [-0.05, 0) is 36.6 Å². The Labute approximate surface area is 201 Å². The van der Waals surface area contributed by atoms with Gasteiger partial charge in [0.05, 0.1) is 10.6 Å². The molecule has 0 radical (unpaired) electrons. The maximum absolute atomic E-state index is 14.4. The Kier molecular flexibility index (Phi) is 5.94. The second-order valence-electron chi connectivity index (χ2n) is 7.52. The highest BCUT2D eigenvalue weighted by Gasteiger charge is 2.29. The summed E-state index contributed by atoms with van der Waals surface area (Å²) in [5.74, 6) is -1.77. The van der Waals surface area contributed by atoms with Crippen LogP contribution in [0.3, 0.4) is 0 Å². The fraction of sp³-hybridized carbons (Fsp3) is 0.167. The largest absolute Gasteiger partial charge is 0.337 e. The van der Waals surface area contributed by atoms with E-state index in [1.807, 2.05) is 37.4 Å². The molecule has 0 bridgehead atoms. The lowest BCUT2D eigenvalue weighted by Gasteiger charge is -2.12. The first-order chi connectivity index (χ1) is 16.0. The van der Waals surface area contributed by atoms with Crippen molar-refractivity contribution < 1.29 is 13.3 Å². The molecule has 0 atom stereocenters. The lowest BCUT2D eigenvalue weighted by Crippen LogP contribution is -2.38. The van der Waals surface area contributed by atoms with Crippen LogP contribution in [0.25, 0.3) is 11.1 Å². The summed E-state index contributed by atoms with van der Waals surface area (Å²) in [6, 6.07) is 10.7. The first-order valence-electron chi connectivity index (χ1n) is 10.3. The maximum Gasteiger partial charge on any atom is 0.271 e. The predicted molar refractivity (Wildman–Crippen MR) is 131 cm³/mol. The molecule has 0 amide bonds. The molecule has 0 N–H and O–H groups in total. The van der Waals surface area contributed by atoms with Gasteiger partial charge in [-0.25, -0.2) is 8.78 Å². The van der Waals surface area contributed by atoms with Crippen LogP contribution in [0.1, 0.15) is 18.2 Å². The van der Waals surface area contributed by atoms with Crippen LogP contribution in [0.2, 0.25) is 0 Å². The Morgan fingerprint density at radius 3 is 2.76 bits per heavy atom. The van der Waals surface area contributed by atoms with Crippen molar-refractivity contribution >= 4 is 51.2 Å². The summed E-state index contributed by atoms with van der Waals surface area (Å²) in [5.41, 5.74) is 2.63. The standard InChI is InChI=1S/C24H20F2N3OS3/c1-3-29-19(12-16-6-4-5-10-28(16)13-15-9-11-31-14-15)32-22(23(29)30)24-27(2)18-8-7-17(25)20(26)21(18)33-24/h4-12,14H,3,13H2,1-2H3/q+1/b24-22+. The molecule has 1 aliphatic rings. The number of nitrogens with zero attached hydrogens (tertiary/aromatic N) is 3. The zero-order chi connectivity index (χ0) is 23.1. The van der Waals surface area contributed by atoms with E-state index in [1.165, 1.54) is 16.9 Å². The summed E-state index contributed by atoms with van der Waals surface area (Å²) in [5, 5.41) is 4.80. The molecular weight excluding hydrogens is 480 g/mol. The quantitative estimate of drug-likeness (QED) is 0.400. The fourth-order valence-electron chi connectivity index (χ4n) is 3.79. The molecule has 0 fully saturated rings. The Morgan fingerprint density at radius 2 is 2.00 bits per heavy atom. The van der Waals surface area contributed by atoms with Crippen molar-refractivity contribution in [2.24, 2.45) is 0 Å². The molecule has 0 spiro atoms. The molecule has 3 aromatic heterocycles. The van der Waals surface area contributed by atoms with Crippen molar-refractivity contribution in [3.8, 4) is 0 Å². The zero-order valence-corrected chi connectivity index (χ0v) is 20.4. The van der Waals surface area contributed by atoms with Gasteiger partial charge in [0.2, 0.25) is 5.69 Å². The number of halogens is 2. The van der Waals surface area contributed by atoms with Crippen molar-refractivity contribution in [1.82, 2.24) is 4.57 Å². The van der Waals surface area contributed by atoms with Crippen LogP contribution >= 0.6 is 34.4 Å². The van der Waals surface area contributed by atoms with Crippen LogP contribution < -0.4 is 24.2 Å². The van der Waals surface area contributed by atoms with Crippen molar-refractivity contribution in [3.05, 3.63) is 95.8 Å². The minimum Gasteiger partial charge on any atom is -0.337 e. The fourth-order valence-corrected chi connectivity index (χ4v) is 6.94. The van der Waals surface area contributed by atoms with Crippen LogP contribution in [0.4, 0.5) is 14.5 Å². The Balaban J connectivity index is 1.66. The Bertz CT molecular complexity index is 1520. The molecular formula is C24H20F2N3OS3+. The van der Waals surface area contributed by atoms with E-state index >= 15 is 0 Å². The number of hydrogen-bond donors (Lipinski definition) is 0. The van der Waals surface area contributed by atoms with Crippen LogP contribution in [-0.2, 0) is 13.1 Å². The average molecular weight is 501 g/mol. The molecule has 33 heavy (non-hydrogen) atoms. The number of benzene rings is 1. The number of thiazole rings is 1. The summed E-state index contributed by atoms with van der Waals surface area (Å²) in [7, 11) is 1.77. The lowest BCUT2D eigenvalue weighted by atomic mass is 10.3. The van der Waals surface area contributed by atoms with Crippen molar-refractivity contribution in [3.63, 3.8) is 0 Å². The number of thiophene rings is 1. The SMILES string of the molecule is CCn1c(=O)/c(=C2\Sc3c(ccc(F)c3F)N2C)s/c1=C\c1cccc[n+]1Cc1ccsc1. The number of fused-ring (bicyclic) bond motifs is 1. The normalized spacial score (nSPS) is 15.4. The van der Waals surface area contributed by atoms with E-state index in [4.69, 9.17) is 0 Å². The van der Waals surface area contributed by atoms with Crippen LogP contribution in [0.15, 0.2) is 63.0 Å². The summed E-state index contributed by atoms with van der Waals surface area (Å²) in [6.45, 7) is 3.18. The Morgan fingerprint density at radius 1 is 1.15 bits per heavy atom. The van der Waals surface area contributed by atoms with Crippen molar-refractivity contribution in [1.29, 1.82) is 0 Å². The highest BCUT2D eigenvalue weighted by atomic mass is 32.2. The van der Waals surface area contributed by atoms with Gasteiger partial charge in [0, 0.05) is 42.7 Å². The monoisotopic (exact) mass is 500 g/mol. The zero-order valence-electron chi connectivity index (χ0n) is 17.9. The Hall–Kier alpha value is -2.75. The summed E-state index contributed by atoms with van der Waals surface area (Å²) < 4.78 is 33.3. The highest BCUT2D eigenvalue weighted by molar-refractivity contribution is 8.08. The molecule has 4 aromatic rings. The lowest BCUT2D eigenvalue weighted by molar-refractivity contribution is -0.690. The summed E-state index contributed by atoms with van der Waals surface area (Å²) >= 11 is 4.14. The minimum absolute atomic E-state index is 0.128. The molecule has 0 saturated carbocycles. The van der Waals surface area contributed by atoms with E-state index in [1.54, 1.807) is 33.9 Å². The molecule has 1 aliphatic heterocycles. The molecule has 0 saturated heterocycles. The van der Waals surface area contributed by atoms with Crippen LogP contribution in [-0.4, -0.2) is 11.6 Å². The van der Waals surface area contributed by atoms with E-state index in [0.29, 0.717) is 21.8 Å². The second kappa shape index (κ2) is 8.89. The first-order valence-corrected chi connectivity index (χ1v) is 12.9. The van der Waals surface area contributed by atoms with Gasteiger partial charge in [0.25, 0.3) is 5.56 Å². The average Bonchev–Trinajstić information content (AvgIpc) is 3.51. The molecule has 4 nitrogen and oxygen atoms in total. The molecule has 1 aromatic carbocycles. The number of anilines is 1. The molecule has 4 heterocycles. The topological polar surface area (TPSA) is 29.1 Å². The second-order valence-corrected chi connectivity index (χ2v) is 10.3. The van der Waals surface area contributed by atoms with E-state index in [2.05, 4.69) is 21.4 Å². The van der Waals surface area contributed by atoms with E-state index in [0.717, 1.165) is 34.7 Å². The van der Waals surface area contributed by atoms with Gasteiger partial charge in [0.1, 0.15) is 14.2 Å². The minimum atomic E-state index is -0.888. The smallest absolute Gasteiger partial charge is 0.271 e. The van der Waals surface area contributed by atoms with Crippen LogP contribution in [0.5, 0.6) is 0 Å². The van der Waals surface area contributed by atoms with E-state index < -0.39 is 11.6 Å². The van der Waals surface area contributed by atoms with Gasteiger partial charge in [0.15, 0.2) is 24.4 Å². The van der Waals surface area contributed by atoms with Crippen molar-refractivity contribution in [2.45, 2.75) is 24.9 Å². The van der Waals surface area contributed by atoms with Gasteiger partial charge in [-0.2, -0.15) is 15.9 Å². The third-order valence-corrected chi connectivity index (χ3v) is 8.74. The van der Waals surface area contributed by atoms with Gasteiger partial charge in [-0.3, -0.25) is 9.36 Å². The van der Waals surface area contributed by atoms with Gasteiger partial charge in [-0.1, -0.05) is 11.8 Å². The molecule has 168 valence electrons. The number of aromatic nitrogens is 2. The highest BCUT2D eigenvalue weighted by Crippen LogP contribution is 2.47. The van der Waals surface area contributed by atoms with E-state index in [9.17, 15) is 13.6 Å². The third-order valence-electron chi connectivity index (χ3n) is 5.50. The van der Waals surface area contributed by atoms with Crippen molar-refractivity contribution in [2.75, 3.05) is 11.9 Å². The summed E-state index contributed by atoms with van der Waals surface area (Å²) in [4.78, 5) is 15.3. The van der Waals surface area contributed by atoms with Gasteiger partial charge < -0.3 is 4.90 Å². The first kappa shape index (κ1) is 22.1. The number of pyridine rings is 1. The number of rotatable bonds is 4. The van der Waals surface area contributed by atoms with Crippen LogP contribution in [0, 0.1) is 11.6 Å². The maximum atomic E-state index is 14.4. The van der Waals surface area contributed by atoms with E-state index in [-0.39, 0.29) is 10.5 Å². The summed E-state index contributed by atoms with van der Waals surface area (Å²) in [6.07, 6.45) is 4.04. The molecule has 0 unspecified atom stereocenters. The number of hydrogen-bond acceptors (Lipinski definition) is 5. The molecule has 0 aliphatic carbocycles. The molecule has 9 heteroatoms. The van der Waals surface area contributed by atoms with Gasteiger partial charge >= 0.3 is 0 Å². The number of thioether (sulfide) groups is 1. The predicted octanol–water partition coefficient (Wildman–Crippen LogP) is 3.74. The third kappa shape index (κ3) is 3.94.